The molecular weight excluding hydrogens is 304 g/mol. The second-order valence-corrected chi connectivity index (χ2v) is 6.34. The summed E-state index contributed by atoms with van der Waals surface area (Å²) in [7, 11) is 0. The minimum atomic E-state index is -0.271. The molecule has 0 bridgehead atoms. The van der Waals surface area contributed by atoms with Crippen LogP contribution in [-0.4, -0.2) is 16.9 Å². The predicted octanol–water partition coefficient (Wildman–Crippen LogP) is 3.55. The Morgan fingerprint density at radius 3 is 2.25 bits per heavy atom. The maximum atomic E-state index is 12.2. The third kappa shape index (κ3) is 3.56. The quantitative estimate of drug-likeness (QED) is 0.805. The predicted molar refractivity (Wildman–Crippen MR) is 93.1 cm³/mol. The van der Waals surface area contributed by atoms with Crippen molar-refractivity contribution in [2.24, 2.45) is 11.8 Å². The monoisotopic (exact) mass is 324 g/mol. The zero-order valence-corrected chi connectivity index (χ0v) is 13.7. The Hall–Kier alpha value is -2.82. The third-order valence-electron chi connectivity index (χ3n) is 4.33. The van der Waals surface area contributed by atoms with Crippen LogP contribution in [0.5, 0.6) is 5.75 Å². The third-order valence-corrected chi connectivity index (χ3v) is 4.33. The molecule has 2 aromatic rings. The zero-order chi connectivity index (χ0) is 17.3. The summed E-state index contributed by atoms with van der Waals surface area (Å²) in [5, 5.41) is 15.3. The van der Waals surface area contributed by atoms with Crippen molar-refractivity contribution in [3.05, 3.63) is 53.6 Å². The summed E-state index contributed by atoms with van der Waals surface area (Å²) in [5.74, 6) is 0.477. The van der Waals surface area contributed by atoms with Gasteiger partial charge in [0.25, 0.3) is 5.91 Å². The molecule has 5 heteroatoms. The summed E-state index contributed by atoms with van der Waals surface area (Å²) in [6.07, 6.45) is 0.940. The first-order chi connectivity index (χ1) is 11.4. The molecule has 2 amide bonds. The molecule has 1 aliphatic rings. The lowest BCUT2D eigenvalue weighted by atomic mass is 10.1. The van der Waals surface area contributed by atoms with E-state index < -0.39 is 0 Å². The molecule has 1 aliphatic carbocycles. The summed E-state index contributed by atoms with van der Waals surface area (Å²) >= 11 is 0. The fourth-order valence-electron chi connectivity index (χ4n) is 2.52. The highest BCUT2D eigenvalue weighted by Gasteiger charge is 2.39. The number of rotatable bonds is 4. The van der Waals surface area contributed by atoms with Gasteiger partial charge in [-0.15, -0.1) is 0 Å². The van der Waals surface area contributed by atoms with Crippen LogP contribution >= 0.6 is 0 Å². The second-order valence-electron chi connectivity index (χ2n) is 6.34. The lowest BCUT2D eigenvalue weighted by molar-refractivity contribution is -0.117. The van der Waals surface area contributed by atoms with Crippen molar-refractivity contribution >= 4 is 23.2 Å². The maximum Gasteiger partial charge on any atom is 0.255 e. The van der Waals surface area contributed by atoms with Crippen LogP contribution in [0.15, 0.2) is 42.5 Å². The van der Waals surface area contributed by atoms with Gasteiger partial charge in [-0.2, -0.15) is 0 Å². The topological polar surface area (TPSA) is 78.4 Å². The van der Waals surface area contributed by atoms with Gasteiger partial charge in [0.05, 0.1) is 0 Å². The van der Waals surface area contributed by atoms with Crippen LogP contribution in [0.4, 0.5) is 11.4 Å². The van der Waals surface area contributed by atoms with Gasteiger partial charge in [-0.3, -0.25) is 9.59 Å². The summed E-state index contributed by atoms with van der Waals surface area (Å²) in [5.41, 5.74) is 2.44. The highest BCUT2D eigenvalue weighted by molar-refractivity contribution is 6.04. The van der Waals surface area contributed by atoms with Crippen molar-refractivity contribution in [3.8, 4) is 5.75 Å². The van der Waals surface area contributed by atoms with E-state index in [-0.39, 0.29) is 23.5 Å². The molecule has 2 atom stereocenters. The largest absolute Gasteiger partial charge is 0.508 e. The van der Waals surface area contributed by atoms with E-state index in [9.17, 15) is 14.7 Å². The van der Waals surface area contributed by atoms with Crippen LogP contribution in [-0.2, 0) is 4.79 Å². The Balaban J connectivity index is 1.63. The summed E-state index contributed by atoms with van der Waals surface area (Å²) < 4.78 is 0. The normalized spacial score (nSPS) is 18.8. The number of benzene rings is 2. The van der Waals surface area contributed by atoms with Crippen LogP contribution in [0.25, 0.3) is 0 Å². The number of carbonyl (C=O) groups excluding carboxylic acids is 2. The number of aromatic hydroxyl groups is 1. The van der Waals surface area contributed by atoms with Gasteiger partial charge < -0.3 is 15.7 Å². The molecule has 1 saturated carbocycles. The first-order valence-corrected chi connectivity index (χ1v) is 7.96. The molecule has 24 heavy (non-hydrogen) atoms. The van der Waals surface area contributed by atoms with Crippen LogP contribution in [0.2, 0.25) is 0 Å². The Morgan fingerprint density at radius 2 is 1.67 bits per heavy atom. The number of anilines is 2. The summed E-state index contributed by atoms with van der Waals surface area (Å²) in [4.78, 5) is 24.1. The standard InChI is InChI=1S/C19H20N2O3/c1-11-3-6-15(10-17(11)22)21-18(23)13-4-7-14(8-5-13)20-19(24)16-9-12(16)2/h3-8,10,12,16,22H,9H2,1-2H3,(H,20,24)(H,21,23)/t12-,16+/m0/s1. The molecule has 0 unspecified atom stereocenters. The number of phenolic OH excluding ortho intramolecular Hbond substituents is 1. The van der Waals surface area contributed by atoms with Crippen LogP contribution < -0.4 is 10.6 Å². The number of amides is 2. The van der Waals surface area contributed by atoms with Gasteiger partial charge in [0.1, 0.15) is 5.75 Å². The SMILES string of the molecule is Cc1ccc(NC(=O)c2ccc(NC(=O)[C@@H]3C[C@@H]3C)cc2)cc1O. The van der Waals surface area contributed by atoms with E-state index in [0.717, 1.165) is 12.0 Å². The van der Waals surface area contributed by atoms with Gasteiger partial charge in [0.15, 0.2) is 0 Å². The highest BCUT2D eigenvalue weighted by Crippen LogP contribution is 2.38. The van der Waals surface area contributed by atoms with Crippen molar-refractivity contribution in [1.29, 1.82) is 0 Å². The minimum absolute atomic E-state index is 0.0369. The second kappa shape index (κ2) is 6.35. The average Bonchev–Trinajstić information content (AvgIpc) is 3.29. The molecule has 0 radical (unpaired) electrons. The van der Waals surface area contributed by atoms with E-state index in [2.05, 4.69) is 17.6 Å². The van der Waals surface area contributed by atoms with Crippen LogP contribution in [0, 0.1) is 18.8 Å². The van der Waals surface area contributed by atoms with Gasteiger partial charge >= 0.3 is 0 Å². The minimum Gasteiger partial charge on any atom is -0.508 e. The van der Waals surface area contributed by atoms with Crippen LogP contribution in [0.3, 0.4) is 0 Å². The van der Waals surface area contributed by atoms with Gasteiger partial charge in [-0.05, 0) is 55.2 Å². The Bertz CT molecular complexity index is 784. The fourth-order valence-corrected chi connectivity index (χ4v) is 2.52. The number of aryl methyl sites for hydroxylation is 1. The van der Waals surface area contributed by atoms with E-state index in [1.807, 2.05) is 0 Å². The van der Waals surface area contributed by atoms with E-state index in [1.165, 1.54) is 6.07 Å². The molecule has 3 N–H and O–H groups in total. The lowest BCUT2D eigenvalue weighted by Gasteiger charge is -2.08. The molecule has 1 fully saturated rings. The molecule has 0 aromatic heterocycles. The maximum absolute atomic E-state index is 12.2. The van der Waals surface area contributed by atoms with Gasteiger partial charge in [-0.25, -0.2) is 0 Å². The van der Waals surface area contributed by atoms with E-state index >= 15 is 0 Å². The number of carbonyl (C=O) groups is 2. The highest BCUT2D eigenvalue weighted by atomic mass is 16.3. The Labute approximate surface area is 140 Å². The number of hydrogen-bond acceptors (Lipinski definition) is 3. The van der Waals surface area contributed by atoms with Crippen molar-refractivity contribution in [2.75, 3.05) is 10.6 Å². The molecule has 0 saturated heterocycles. The van der Waals surface area contributed by atoms with Gasteiger partial charge in [-0.1, -0.05) is 13.0 Å². The van der Waals surface area contributed by atoms with E-state index in [4.69, 9.17) is 0 Å². The number of hydrogen-bond donors (Lipinski definition) is 3. The molecule has 0 aliphatic heterocycles. The summed E-state index contributed by atoms with van der Waals surface area (Å²) in [6, 6.07) is 11.7. The number of phenols is 1. The Morgan fingerprint density at radius 1 is 1.04 bits per heavy atom. The molecule has 0 heterocycles. The Kier molecular flexibility index (Phi) is 4.25. The number of nitrogens with one attached hydrogen (secondary N) is 2. The van der Waals surface area contributed by atoms with Gasteiger partial charge in [0.2, 0.25) is 5.91 Å². The first kappa shape index (κ1) is 16.1. The smallest absolute Gasteiger partial charge is 0.255 e. The van der Waals surface area contributed by atoms with E-state index in [0.29, 0.717) is 22.9 Å². The van der Waals surface area contributed by atoms with Crippen molar-refractivity contribution < 1.29 is 14.7 Å². The fraction of sp³-hybridized carbons (Fsp3) is 0.263. The lowest BCUT2D eigenvalue weighted by Crippen LogP contribution is -2.15. The molecule has 5 nitrogen and oxygen atoms in total. The van der Waals surface area contributed by atoms with Crippen LogP contribution in [0.1, 0.15) is 29.3 Å². The summed E-state index contributed by atoms with van der Waals surface area (Å²) in [6.45, 7) is 3.84. The van der Waals surface area contributed by atoms with Crippen molar-refractivity contribution in [3.63, 3.8) is 0 Å². The first-order valence-electron chi connectivity index (χ1n) is 7.96. The van der Waals surface area contributed by atoms with Crippen molar-refractivity contribution in [2.45, 2.75) is 20.3 Å². The van der Waals surface area contributed by atoms with Crippen molar-refractivity contribution in [1.82, 2.24) is 0 Å². The van der Waals surface area contributed by atoms with E-state index in [1.54, 1.807) is 43.3 Å². The average molecular weight is 324 g/mol. The molecule has 124 valence electrons. The molecular formula is C19H20N2O3. The molecule has 2 aromatic carbocycles. The van der Waals surface area contributed by atoms with Gasteiger partial charge in [0, 0.05) is 28.9 Å². The molecule has 0 spiro atoms. The zero-order valence-electron chi connectivity index (χ0n) is 13.7. The molecule has 3 rings (SSSR count).